The van der Waals surface area contributed by atoms with E-state index >= 15 is 0 Å². The lowest BCUT2D eigenvalue weighted by atomic mass is 10.0. The molecule has 0 aliphatic heterocycles. The number of amides is 2. The second-order valence-corrected chi connectivity index (χ2v) is 5.67. The molecule has 0 fully saturated rings. The van der Waals surface area contributed by atoms with Crippen LogP contribution in [0.25, 0.3) is 0 Å². The molecule has 2 amide bonds. The zero-order chi connectivity index (χ0) is 19.8. The molecule has 0 aromatic heterocycles. The molecular formula is C19H18N4O4. The largest absolute Gasteiger partial charge is 0.340 e. The van der Waals surface area contributed by atoms with Crippen molar-refractivity contribution in [2.24, 2.45) is 0 Å². The van der Waals surface area contributed by atoms with Gasteiger partial charge < -0.3 is 5.32 Å². The summed E-state index contributed by atoms with van der Waals surface area (Å²) in [6.45, 7) is 1.80. The number of benzene rings is 2. The number of nitrogens with one attached hydrogen (secondary N) is 1. The van der Waals surface area contributed by atoms with Gasteiger partial charge in [-0.05, 0) is 18.6 Å². The van der Waals surface area contributed by atoms with Gasteiger partial charge in [0.05, 0.1) is 4.92 Å². The van der Waals surface area contributed by atoms with Crippen LogP contribution in [0.15, 0.2) is 54.6 Å². The highest BCUT2D eigenvalue weighted by Gasteiger charge is 2.28. The van der Waals surface area contributed by atoms with Crippen LogP contribution < -0.4 is 5.32 Å². The van der Waals surface area contributed by atoms with E-state index in [1.807, 2.05) is 6.07 Å². The second kappa shape index (κ2) is 9.10. The number of para-hydroxylation sites is 1. The minimum absolute atomic E-state index is 0.145. The molecule has 0 spiro atoms. The Hall–Kier alpha value is -3.73. The first-order valence-corrected chi connectivity index (χ1v) is 8.27. The van der Waals surface area contributed by atoms with Gasteiger partial charge in [0.25, 0.3) is 17.5 Å². The Kier molecular flexibility index (Phi) is 6.61. The minimum atomic E-state index is -1.03. The molecule has 27 heavy (non-hydrogen) atoms. The van der Waals surface area contributed by atoms with E-state index in [0.717, 1.165) is 10.5 Å². The maximum absolute atomic E-state index is 12.7. The fourth-order valence-electron chi connectivity index (χ4n) is 2.57. The molecule has 0 saturated heterocycles. The predicted molar refractivity (Wildman–Crippen MR) is 97.5 cm³/mol. The summed E-state index contributed by atoms with van der Waals surface area (Å²) in [5.74, 6) is -1.32. The van der Waals surface area contributed by atoms with Crippen LogP contribution in [-0.2, 0) is 11.2 Å². The summed E-state index contributed by atoms with van der Waals surface area (Å²) in [6.07, 6.45) is 1.94. The summed E-state index contributed by atoms with van der Waals surface area (Å²) >= 11 is 0. The lowest BCUT2D eigenvalue weighted by Crippen LogP contribution is -2.48. The number of rotatable bonds is 7. The Morgan fingerprint density at radius 1 is 1.19 bits per heavy atom. The summed E-state index contributed by atoms with van der Waals surface area (Å²) in [7, 11) is 0. The van der Waals surface area contributed by atoms with Crippen LogP contribution >= 0.6 is 0 Å². The monoisotopic (exact) mass is 366 g/mol. The van der Waals surface area contributed by atoms with E-state index in [0.29, 0.717) is 0 Å². The normalized spacial score (nSPS) is 11.1. The maximum Gasteiger partial charge on any atom is 0.282 e. The third-order valence-corrected chi connectivity index (χ3v) is 3.93. The number of nitrogens with zero attached hydrogens (tertiary/aromatic N) is 3. The average Bonchev–Trinajstić information content (AvgIpc) is 2.69. The molecule has 1 N–H and O–H groups in total. The van der Waals surface area contributed by atoms with Gasteiger partial charge in [0.2, 0.25) is 0 Å². The van der Waals surface area contributed by atoms with Gasteiger partial charge in [-0.1, -0.05) is 42.5 Å². The average molecular weight is 366 g/mol. The zero-order valence-corrected chi connectivity index (χ0v) is 14.7. The topological polar surface area (TPSA) is 116 Å². The molecule has 2 aromatic carbocycles. The molecule has 138 valence electrons. The molecule has 8 nitrogen and oxygen atoms in total. The molecule has 0 aliphatic rings. The zero-order valence-electron chi connectivity index (χ0n) is 14.7. The molecule has 0 radical (unpaired) electrons. The third-order valence-electron chi connectivity index (χ3n) is 3.93. The van der Waals surface area contributed by atoms with Gasteiger partial charge in [-0.25, -0.2) is 4.90 Å². The molecule has 0 bridgehead atoms. The van der Waals surface area contributed by atoms with Gasteiger partial charge in [-0.15, -0.1) is 0 Å². The summed E-state index contributed by atoms with van der Waals surface area (Å²) in [5.41, 5.74) is 0.287. The summed E-state index contributed by atoms with van der Waals surface area (Å²) in [6, 6.07) is 13.5. The Bertz CT molecular complexity index is 877. The number of nitro benzene ring substituents is 1. The fraction of sp³-hybridized carbons (Fsp3) is 0.211. The Morgan fingerprint density at radius 3 is 2.41 bits per heavy atom. The fourth-order valence-corrected chi connectivity index (χ4v) is 2.57. The Labute approximate surface area is 156 Å². The predicted octanol–water partition coefficient (Wildman–Crippen LogP) is 2.27. The quantitative estimate of drug-likeness (QED) is 0.349. The minimum Gasteiger partial charge on any atom is -0.340 e. The standard InChI is InChI=1S/C19H18N4O4/c1-2-22(13-20)19(25)16(12-14-8-4-3-5-9-14)21-18(24)15-10-6-7-11-17(15)23(26)27/h3-11,16H,2,12H2,1H3,(H,21,24). The van der Waals surface area contributed by atoms with Crippen LogP contribution in [0.3, 0.4) is 0 Å². The summed E-state index contributed by atoms with van der Waals surface area (Å²) in [4.78, 5) is 36.7. The van der Waals surface area contributed by atoms with Crippen molar-refractivity contribution in [3.8, 4) is 6.19 Å². The molecule has 0 heterocycles. The van der Waals surface area contributed by atoms with E-state index in [9.17, 15) is 19.7 Å². The number of nitro groups is 1. The van der Waals surface area contributed by atoms with Gasteiger partial charge in [0.15, 0.2) is 6.19 Å². The highest BCUT2D eigenvalue weighted by atomic mass is 16.6. The van der Waals surface area contributed by atoms with Gasteiger partial charge in [-0.3, -0.25) is 19.7 Å². The molecule has 2 rings (SSSR count). The van der Waals surface area contributed by atoms with E-state index in [1.165, 1.54) is 24.3 Å². The lowest BCUT2D eigenvalue weighted by molar-refractivity contribution is -0.385. The van der Waals surface area contributed by atoms with Crippen LogP contribution in [0.5, 0.6) is 0 Å². The first-order chi connectivity index (χ1) is 13.0. The number of hydrogen-bond acceptors (Lipinski definition) is 5. The van der Waals surface area contributed by atoms with E-state index < -0.39 is 22.8 Å². The van der Waals surface area contributed by atoms with E-state index in [-0.39, 0.29) is 24.2 Å². The molecule has 1 unspecified atom stereocenters. The van der Waals surface area contributed by atoms with Crippen molar-refractivity contribution in [3.63, 3.8) is 0 Å². The molecule has 0 saturated carbocycles. The molecule has 1 atom stereocenters. The van der Waals surface area contributed by atoms with Crippen molar-refractivity contribution < 1.29 is 14.5 Å². The van der Waals surface area contributed by atoms with Crippen molar-refractivity contribution in [1.29, 1.82) is 5.26 Å². The van der Waals surface area contributed by atoms with Gasteiger partial charge >= 0.3 is 0 Å². The van der Waals surface area contributed by atoms with Gasteiger partial charge in [0.1, 0.15) is 11.6 Å². The number of hydrogen-bond donors (Lipinski definition) is 1. The first-order valence-electron chi connectivity index (χ1n) is 8.27. The molecule has 0 aliphatic carbocycles. The van der Waals surface area contributed by atoms with E-state index in [1.54, 1.807) is 37.4 Å². The van der Waals surface area contributed by atoms with Crippen molar-refractivity contribution >= 4 is 17.5 Å². The second-order valence-electron chi connectivity index (χ2n) is 5.67. The molecular weight excluding hydrogens is 348 g/mol. The van der Waals surface area contributed by atoms with E-state index in [4.69, 9.17) is 5.26 Å². The highest BCUT2D eigenvalue weighted by molar-refractivity contribution is 6.00. The summed E-state index contributed by atoms with van der Waals surface area (Å²) < 4.78 is 0. The van der Waals surface area contributed by atoms with Gasteiger partial charge in [0, 0.05) is 19.0 Å². The number of nitriles is 1. The Morgan fingerprint density at radius 2 is 1.81 bits per heavy atom. The Balaban J connectivity index is 2.31. The van der Waals surface area contributed by atoms with Crippen molar-refractivity contribution in [2.75, 3.05) is 6.54 Å². The number of carbonyl (C=O) groups is 2. The lowest BCUT2D eigenvalue weighted by Gasteiger charge is -2.21. The van der Waals surface area contributed by atoms with Crippen LogP contribution in [0.2, 0.25) is 0 Å². The first kappa shape index (κ1) is 19.6. The highest BCUT2D eigenvalue weighted by Crippen LogP contribution is 2.18. The SMILES string of the molecule is CCN(C#N)C(=O)C(Cc1ccccc1)NC(=O)c1ccccc1[N+](=O)[O-]. The summed E-state index contributed by atoms with van der Waals surface area (Å²) in [5, 5.41) is 22.8. The van der Waals surface area contributed by atoms with Crippen molar-refractivity contribution in [3.05, 3.63) is 75.8 Å². The number of carbonyl (C=O) groups excluding carboxylic acids is 2. The van der Waals surface area contributed by atoms with Crippen LogP contribution in [0.4, 0.5) is 5.69 Å². The third kappa shape index (κ3) is 4.89. The van der Waals surface area contributed by atoms with Gasteiger partial charge in [-0.2, -0.15) is 5.26 Å². The van der Waals surface area contributed by atoms with Crippen molar-refractivity contribution in [2.45, 2.75) is 19.4 Å². The molecule has 8 heteroatoms. The maximum atomic E-state index is 12.7. The smallest absolute Gasteiger partial charge is 0.282 e. The van der Waals surface area contributed by atoms with Crippen molar-refractivity contribution in [1.82, 2.24) is 10.2 Å². The van der Waals surface area contributed by atoms with Crippen LogP contribution in [0, 0.1) is 21.6 Å². The van der Waals surface area contributed by atoms with Crippen LogP contribution in [-0.4, -0.2) is 34.2 Å². The number of likely N-dealkylation sites (N-methyl/N-ethyl adjacent to an activating group) is 1. The van der Waals surface area contributed by atoms with Crippen LogP contribution in [0.1, 0.15) is 22.8 Å². The van der Waals surface area contributed by atoms with E-state index in [2.05, 4.69) is 5.32 Å². The molecule has 2 aromatic rings.